The number of rotatable bonds is 4. The van der Waals surface area contributed by atoms with Gasteiger partial charge in [0.1, 0.15) is 0 Å². The van der Waals surface area contributed by atoms with Gasteiger partial charge in [0.25, 0.3) is 0 Å². The van der Waals surface area contributed by atoms with E-state index in [9.17, 15) is 0 Å². The summed E-state index contributed by atoms with van der Waals surface area (Å²) >= 11 is 0. The van der Waals surface area contributed by atoms with Crippen LogP contribution < -0.4 is 0 Å². The molecule has 1 rings (SSSR count). The van der Waals surface area contributed by atoms with Gasteiger partial charge in [0, 0.05) is 12.6 Å². The third-order valence-electron chi connectivity index (χ3n) is 2.60. The first kappa shape index (κ1) is 12.0. The number of ether oxygens (including phenoxy) is 1. The van der Waals surface area contributed by atoms with E-state index in [2.05, 4.69) is 25.7 Å². The number of aliphatic hydroxyl groups excluding tert-OH is 1. The highest BCUT2D eigenvalue weighted by atomic mass is 16.5. The van der Waals surface area contributed by atoms with Gasteiger partial charge in [-0.3, -0.25) is 4.90 Å². The van der Waals surface area contributed by atoms with Crippen molar-refractivity contribution in [3.8, 4) is 0 Å². The molecule has 14 heavy (non-hydrogen) atoms. The Kier molecular flexibility index (Phi) is 4.35. The summed E-state index contributed by atoms with van der Waals surface area (Å²) in [5.41, 5.74) is -0.0481. The molecule has 1 aliphatic rings. The lowest BCUT2D eigenvalue weighted by molar-refractivity contribution is -0.0295. The summed E-state index contributed by atoms with van der Waals surface area (Å²) in [6, 6.07) is 0.515. The largest absolute Gasteiger partial charge is 0.395 e. The SMILES string of the molecule is CC(C)(C)OC[C@@H]1CCCN1CCO. The molecule has 0 aromatic carbocycles. The fourth-order valence-electron chi connectivity index (χ4n) is 1.85. The summed E-state index contributed by atoms with van der Waals surface area (Å²) in [6.07, 6.45) is 2.44. The molecule has 0 unspecified atom stereocenters. The van der Waals surface area contributed by atoms with Crippen LogP contribution in [0.1, 0.15) is 33.6 Å². The number of hydrogen-bond donors (Lipinski definition) is 1. The fraction of sp³-hybridized carbons (Fsp3) is 1.00. The van der Waals surface area contributed by atoms with Crippen LogP contribution in [0.25, 0.3) is 0 Å². The van der Waals surface area contributed by atoms with Gasteiger partial charge in [-0.15, -0.1) is 0 Å². The van der Waals surface area contributed by atoms with Crippen LogP contribution in [0.15, 0.2) is 0 Å². The van der Waals surface area contributed by atoms with Crippen LogP contribution in [0, 0.1) is 0 Å². The number of likely N-dealkylation sites (tertiary alicyclic amines) is 1. The molecule has 0 bridgehead atoms. The summed E-state index contributed by atoms with van der Waals surface area (Å²) in [6.45, 7) is 9.20. The molecule has 0 spiro atoms. The quantitative estimate of drug-likeness (QED) is 0.743. The van der Waals surface area contributed by atoms with Crippen molar-refractivity contribution in [1.82, 2.24) is 4.90 Å². The molecule has 1 N–H and O–H groups in total. The summed E-state index contributed by atoms with van der Waals surface area (Å²) in [5, 5.41) is 8.89. The Morgan fingerprint density at radius 2 is 2.14 bits per heavy atom. The van der Waals surface area contributed by atoms with Crippen molar-refractivity contribution in [3.63, 3.8) is 0 Å². The molecule has 3 heteroatoms. The van der Waals surface area contributed by atoms with Crippen molar-refractivity contribution in [2.24, 2.45) is 0 Å². The monoisotopic (exact) mass is 201 g/mol. The number of nitrogens with zero attached hydrogens (tertiary/aromatic N) is 1. The Bertz CT molecular complexity index is 165. The van der Waals surface area contributed by atoms with E-state index in [1.807, 2.05) is 0 Å². The van der Waals surface area contributed by atoms with Crippen LogP contribution >= 0.6 is 0 Å². The van der Waals surface area contributed by atoms with Crippen LogP contribution in [-0.2, 0) is 4.74 Å². The predicted molar refractivity (Wildman–Crippen MR) is 57.4 cm³/mol. The first-order valence-corrected chi connectivity index (χ1v) is 5.52. The van der Waals surface area contributed by atoms with E-state index in [1.54, 1.807) is 0 Å². The molecule has 0 saturated carbocycles. The molecule has 1 fully saturated rings. The van der Waals surface area contributed by atoms with E-state index < -0.39 is 0 Å². The molecule has 0 aromatic rings. The zero-order valence-electron chi connectivity index (χ0n) is 9.62. The molecule has 1 heterocycles. The summed E-state index contributed by atoms with van der Waals surface area (Å²) < 4.78 is 5.77. The van der Waals surface area contributed by atoms with Gasteiger partial charge in [0.15, 0.2) is 0 Å². The lowest BCUT2D eigenvalue weighted by atomic mass is 10.2. The molecule has 1 aliphatic heterocycles. The molecular weight excluding hydrogens is 178 g/mol. The Labute approximate surface area is 87.1 Å². The molecule has 3 nitrogen and oxygen atoms in total. The highest BCUT2D eigenvalue weighted by molar-refractivity contribution is 4.79. The maximum atomic E-state index is 8.89. The van der Waals surface area contributed by atoms with Crippen molar-refractivity contribution < 1.29 is 9.84 Å². The van der Waals surface area contributed by atoms with E-state index in [4.69, 9.17) is 9.84 Å². The smallest absolute Gasteiger partial charge is 0.0628 e. The maximum absolute atomic E-state index is 8.89. The number of hydrogen-bond acceptors (Lipinski definition) is 3. The molecule has 1 atom stereocenters. The number of aliphatic hydroxyl groups is 1. The van der Waals surface area contributed by atoms with E-state index in [0.29, 0.717) is 6.04 Å². The van der Waals surface area contributed by atoms with Crippen molar-refractivity contribution in [2.75, 3.05) is 26.3 Å². The van der Waals surface area contributed by atoms with E-state index in [1.165, 1.54) is 12.8 Å². The van der Waals surface area contributed by atoms with Crippen molar-refractivity contribution in [1.29, 1.82) is 0 Å². The average Bonchev–Trinajstić information content (AvgIpc) is 2.48. The summed E-state index contributed by atoms with van der Waals surface area (Å²) in [7, 11) is 0. The minimum absolute atomic E-state index is 0.0481. The third kappa shape index (κ3) is 3.95. The van der Waals surface area contributed by atoms with Gasteiger partial charge in [0.2, 0.25) is 0 Å². The van der Waals surface area contributed by atoms with Crippen molar-refractivity contribution in [3.05, 3.63) is 0 Å². The second kappa shape index (κ2) is 5.10. The Morgan fingerprint density at radius 3 is 2.71 bits per heavy atom. The van der Waals surface area contributed by atoms with Gasteiger partial charge in [-0.2, -0.15) is 0 Å². The molecule has 1 saturated heterocycles. The van der Waals surface area contributed by atoms with Gasteiger partial charge in [0.05, 0.1) is 18.8 Å². The van der Waals surface area contributed by atoms with E-state index >= 15 is 0 Å². The van der Waals surface area contributed by atoms with Crippen molar-refractivity contribution >= 4 is 0 Å². The van der Waals surface area contributed by atoms with E-state index in [0.717, 1.165) is 19.7 Å². The standard InChI is InChI=1S/C11H23NO2/c1-11(2,3)14-9-10-5-4-6-12(10)7-8-13/h10,13H,4-9H2,1-3H3/t10-/m0/s1. The second-order valence-electron chi connectivity index (χ2n) is 4.98. The molecule has 0 aliphatic carbocycles. The van der Waals surface area contributed by atoms with Crippen LogP contribution in [0.3, 0.4) is 0 Å². The maximum Gasteiger partial charge on any atom is 0.0628 e. The lowest BCUT2D eigenvalue weighted by Crippen LogP contribution is -2.37. The highest BCUT2D eigenvalue weighted by Gasteiger charge is 2.25. The molecule has 0 aromatic heterocycles. The summed E-state index contributed by atoms with van der Waals surface area (Å²) in [5.74, 6) is 0. The second-order valence-corrected chi connectivity index (χ2v) is 4.98. The zero-order chi connectivity index (χ0) is 10.6. The normalized spacial score (nSPS) is 24.4. The highest BCUT2D eigenvalue weighted by Crippen LogP contribution is 2.19. The first-order chi connectivity index (χ1) is 6.53. The topological polar surface area (TPSA) is 32.7 Å². The summed E-state index contributed by atoms with van der Waals surface area (Å²) in [4.78, 5) is 2.33. The minimum Gasteiger partial charge on any atom is -0.395 e. The fourth-order valence-corrected chi connectivity index (χ4v) is 1.85. The Hall–Kier alpha value is -0.120. The van der Waals surface area contributed by atoms with Gasteiger partial charge >= 0.3 is 0 Å². The van der Waals surface area contributed by atoms with Crippen LogP contribution in [0.5, 0.6) is 0 Å². The Balaban J connectivity index is 2.29. The van der Waals surface area contributed by atoms with Gasteiger partial charge < -0.3 is 9.84 Å². The lowest BCUT2D eigenvalue weighted by Gasteiger charge is -2.27. The molecule has 84 valence electrons. The van der Waals surface area contributed by atoms with Crippen LogP contribution in [0.4, 0.5) is 0 Å². The van der Waals surface area contributed by atoms with Crippen molar-refractivity contribution in [2.45, 2.75) is 45.3 Å². The van der Waals surface area contributed by atoms with Crippen LogP contribution in [-0.4, -0.2) is 48.0 Å². The Morgan fingerprint density at radius 1 is 1.43 bits per heavy atom. The van der Waals surface area contributed by atoms with Gasteiger partial charge in [-0.1, -0.05) is 0 Å². The van der Waals surface area contributed by atoms with Gasteiger partial charge in [-0.05, 0) is 40.2 Å². The van der Waals surface area contributed by atoms with Gasteiger partial charge in [-0.25, -0.2) is 0 Å². The molecule has 0 amide bonds. The minimum atomic E-state index is -0.0481. The number of β-amino-alcohol motifs (C(OH)–C–C–N with tert-alkyl or cyclic N) is 1. The molecule has 0 radical (unpaired) electrons. The van der Waals surface area contributed by atoms with Crippen LogP contribution in [0.2, 0.25) is 0 Å². The zero-order valence-corrected chi connectivity index (χ0v) is 9.62. The first-order valence-electron chi connectivity index (χ1n) is 5.52. The average molecular weight is 201 g/mol. The van der Waals surface area contributed by atoms with E-state index in [-0.39, 0.29) is 12.2 Å². The molecular formula is C11H23NO2. The predicted octanol–water partition coefficient (Wildman–Crippen LogP) is 1.26. The third-order valence-corrected chi connectivity index (χ3v) is 2.60.